The molecule has 0 aromatic heterocycles. The van der Waals surface area contributed by atoms with Gasteiger partial charge in [-0.1, -0.05) is 6.92 Å². The average Bonchev–Trinajstić information content (AvgIpc) is 2.14. The van der Waals surface area contributed by atoms with Gasteiger partial charge in [0.25, 0.3) is 0 Å². The summed E-state index contributed by atoms with van der Waals surface area (Å²) >= 11 is 0. The van der Waals surface area contributed by atoms with Crippen LogP contribution in [0.1, 0.15) is 6.92 Å². The van der Waals surface area contributed by atoms with Crippen LogP contribution in [0, 0.1) is 5.92 Å². The molecule has 58 valence electrons. The van der Waals surface area contributed by atoms with Gasteiger partial charge in [-0.3, -0.25) is 0 Å². The van der Waals surface area contributed by atoms with E-state index in [2.05, 4.69) is 0 Å². The van der Waals surface area contributed by atoms with Crippen molar-refractivity contribution < 1.29 is 20.3 Å². The monoisotopic (exact) mass is 146 g/mol. The minimum atomic E-state index is -0.920. The molecule has 0 unspecified atom stereocenters. The first-order chi connectivity index (χ1) is 4.63. The largest absolute Gasteiger partial charge is 0.477 e. The Bertz CT molecular complexity index is 148. The van der Waals surface area contributed by atoms with Crippen molar-refractivity contribution >= 4 is 5.97 Å². The SMILES string of the molecule is C[C@@H]1C[NH2+][C@H](C(=O)O)[C@H]1O. The lowest BCUT2D eigenvalue weighted by Crippen LogP contribution is -2.90. The van der Waals surface area contributed by atoms with E-state index < -0.39 is 18.1 Å². The number of aliphatic hydroxyl groups excluding tert-OH is 1. The van der Waals surface area contributed by atoms with Crippen LogP contribution in [0.15, 0.2) is 0 Å². The fraction of sp³-hybridized carbons (Fsp3) is 0.833. The topological polar surface area (TPSA) is 74.1 Å². The lowest BCUT2D eigenvalue weighted by atomic mass is 10.0. The molecular weight excluding hydrogens is 134 g/mol. The van der Waals surface area contributed by atoms with E-state index in [1.807, 2.05) is 6.92 Å². The second-order valence-corrected chi connectivity index (χ2v) is 2.80. The van der Waals surface area contributed by atoms with E-state index in [9.17, 15) is 9.90 Å². The van der Waals surface area contributed by atoms with Crippen LogP contribution < -0.4 is 5.32 Å². The number of aliphatic carboxylic acids is 1. The molecule has 0 spiro atoms. The van der Waals surface area contributed by atoms with Gasteiger partial charge in [-0.05, 0) is 0 Å². The molecule has 4 N–H and O–H groups in total. The number of hydrogen-bond donors (Lipinski definition) is 3. The summed E-state index contributed by atoms with van der Waals surface area (Å²) in [7, 11) is 0. The highest BCUT2D eigenvalue weighted by molar-refractivity contribution is 5.72. The van der Waals surface area contributed by atoms with Crippen LogP contribution >= 0.6 is 0 Å². The molecule has 3 atom stereocenters. The van der Waals surface area contributed by atoms with Crippen LogP contribution in [0.25, 0.3) is 0 Å². The third kappa shape index (κ3) is 1.12. The van der Waals surface area contributed by atoms with Crippen molar-refractivity contribution in [3.8, 4) is 0 Å². The number of rotatable bonds is 1. The first-order valence-electron chi connectivity index (χ1n) is 3.37. The second kappa shape index (κ2) is 2.56. The summed E-state index contributed by atoms with van der Waals surface area (Å²) in [6.07, 6.45) is -0.683. The van der Waals surface area contributed by atoms with Crippen molar-refractivity contribution in [1.82, 2.24) is 0 Å². The van der Waals surface area contributed by atoms with Crippen molar-refractivity contribution in [2.24, 2.45) is 5.92 Å². The normalized spacial score (nSPS) is 40.0. The molecule has 1 aliphatic heterocycles. The molecule has 4 heteroatoms. The summed E-state index contributed by atoms with van der Waals surface area (Å²) in [6.45, 7) is 2.56. The first kappa shape index (κ1) is 7.50. The van der Waals surface area contributed by atoms with Crippen LogP contribution in [0.5, 0.6) is 0 Å². The standard InChI is InChI=1S/C6H11NO3/c1-3-2-7-4(5(3)8)6(9)10/h3-5,7-8H,2H2,1H3,(H,9,10)/p+1/t3-,4+,5+/m1/s1. The summed E-state index contributed by atoms with van der Waals surface area (Å²) in [5, 5.41) is 19.4. The zero-order valence-electron chi connectivity index (χ0n) is 5.82. The lowest BCUT2D eigenvalue weighted by Gasteiger charge is -2.06. The van der Waals surface area contributed by atoms with E-state index in [4.69, 9.17) is 5.11 Å². The van der Waals surface area contributed by atoms with E-state index in [0.29, 0.717) is 6.54 Å². The van der Waals surface area contributed by atoms with Crippen molar-refractivity contribution in [3.05, 3.63) is 0 Å². The Labute approximate surface area is 58.9 Å². The number of carboxylic acids is 1. The van der Waals surface area contributed by atoms with E-state index >= 15 is 0 Å². The van der Waals surface area contributed by atoms with E-state index in [0.717, 1.165) is 0 Å². The third-order valence-electron chi connectivity index (χ3n) is 2.00. The lowest BCUT2D eigenvalue weighted by molar-refractivity contribution is -0.663. The molecule has 0 aromatic rings. The number of aliphatic hydroxyl groups is 1. The molecule has 1 heterocycles. The predicted molar refractivity (Wildman–Crippen MR) is 33.4 cm³/mol. The second-order valence-electron chi connectivity index (χ2n) is 2.80. The summed E-state index contributed by atoms with van der Waals surface area (Å²) in [4.78, 5) is 10.4. The van der Waals surface area contributed by atoms with E-state index in [1.54, 1.807) is 5.32 Å². The summed E-state index contributed by atoms with van der Waals surface area (Å²) in [6, 6.07) is -0.644. The van der Waals surface area contributed by atoms with E-state index in [1.165, 1.54) is 0 Å². The maximum Gasteiger partial charge on any atom is 0.365 e. The van der Waals surface area contributed by atoms with Crippen molar-refractivity contribution in [2.75, 3.05) is 6.54 Å². The molecule has 10 heavy (non-hydrogen) atoms. The number of hydrogen-bond acceptors (Lipinski definition) is 2. The average molecular weight is 146 g/mol. The van der Waals surface area contributed by atoms with Gasteiger partial charge in [0, 0.05) is 5.92 Å². The van der Waals surface area contributed by atoms with Crippen LogP contribution in [0.3, 0.4) is 0 Å². The molecule has 1 fully saturated rings. The number of carboxylic acid groups (broad SMARTS) is 1. The predicted octanol–water partition coefficient (Wildman–Crippen LogP) is -1.99. The van der Waals surface area contributed by atoms with Gasteiger partial charge in [-0.2, -0.15) is 0 Å². The highest BCUT2D eigenvalue weighted by atomic mass is 16.4. The van der Waals surface area contributed by atoms with Crippen molar-refractivity contribution in [2.45, 2.75) is 19.1 Å². The Morgan fingerprint density at radius 1 is 1.70 bits per heavy atom. The molecule has 0 aliphatic carbocycles. The van der Waals surface area contributed by atoms with Crippen molar-refractivity contribution in [3.63, 3.8) is 0 Å². The van der Waals surface area contributed by atoms with Crippen molar-refractivity contribution in [1.29, 1.82) is 0 Å². The zero-order chi connectivity index (χ0) is 7.72. The van der Waals surface area contributed by atoms with Gasteiger partial charge in [-0.15, -0.1) is 0 Å². The van der Waals surface area contributed by atoms with Gasteiger partial charge < -0.3 is 15.5 Å². The number of quaternary nitrogens is 1. The highest BCUT2D eigenvalue weighted by Gasteiger charge is 2.40. The van der Waals surface area contributed by atoms with Crippen LogP contribution in [0.4, 0.5) is 0 Å². The maximum absolute atomic E-state index is 10.4. The first-order valence-corrected chi connectivity index (χ1v) is 3.37. The van der Waals surface area contributed by atoms with Crippen LogP contribution in [0.2, 0.25) is 0 Å². The summed E-state index contributed by atoms with van der Waals surface area (Å²) in [5.41, 5.74) is 0. The Morgan fingerprint density at radius 2 is 2.30 bits per heavy atom. The molecule has 1 rings (SSSR count). The van der Waals surface area contributed by atoms with Crippen LogP contribution in [-0.4, -0.2) is 34.9 Å². The minimum absolute atomic E-state index is 0.0982. The molecule has 0 saturated carbocycles. The fourth-order valence-corrected chi connectivity index (χ4v) is 1.24. The smallest absolute Gasteiger partial charge is 0.365 e. The Hall–Kier alpha value is -0.610. The molecule has 4 nitrogen and oxygen atoms in total. The minimum Gasteiger partial charge on any atom is -0.477 e. The Morgan fingerprint density at radius 3 is 2.50 bits per heavy atom. The summed E-state index contributed by atoms with van der Waals surface area (Å²) in [5.74, 6) is -0.821. The van der Waals surface area contributed by atoms with Gasteiger partial charge in [0.1, 0.15) is 6.10 Å². The molecule has 0 amide bonds. The summed E-state index contributed by atoms with van der Waals surface area (Å²) < 4.78 is 0. The highest BCUT2D eigenvalue weighted by Crippen LogP contribution is 2.07. The molecular formula is C6H12NO3+. The van der Waals surface area contributed by atoms with E-state index in [-0.39, 0.29) is 5.92 Å². The third-order valence-corrected chi connectivity index (χ3v) is 2.00. The molecule has 0 aromatic carbocycles. The molecule has 0 bridgehead atoms. The molecule has 1 aliphatic rings. The molecule has 0 radical (unpaired) electrons. The zero-order valence-corrected chi connectivity index (χ0v) is 5.82. The number of carbonyl (C=O) groups is 1. The van der Waals surface area contributed by atoms with Gasteiger partial charge in [0.15, 0.2) is 0 Å². The maximum atomic E-state index is 10.4. The quantitative estimate of drug-likeness (QED) is 0.401. The van der Waals surface area contributed by atoms with Gasteiger partial charge in [0.2, 0.25) is 6.04 Å². The van der Waals surface area contributed by atoms with Gasteiger partial charge in [-0.25, -0.2) is 4.79 Å². The number of nitrogens with two attached hydrogens (primary N) is 1. The van der Waals surface area contributed by atoms with Gasteiger partial charge in [0.05, 0.1) is 6.54 Å². The molecule has 1 saturated heterocycles. The van der Waals surface area contributed by atoms with Gasteiger partial charge >= 0.3 is 5.97 Å². The fourth-order valence-electron chi connectivity index (χ4n) is 1.24. The Balaban J connectivity index is 2.57. The Kier molecular flexibility index (Phi) is 1.92. The van der Waals surface area contributed by atoms with Crippen LogP contribution in [-0.2, 0) is 4.79 Å².